The monoisotopic (exact) mass is 173 g/mol. The summed E-state index contributed by atoms with van der Waals surface area (Å²) in [5.74, 6) is 0. The first-order valence-electron chi connectivity index (χ1n) is 4.50. The number of fused-ring (bicyclic) bond motifs is 1. The molecule has 1 aromatic carbocycles. The van der Waals surface area contributed by atoms with Crippen LogP contribution < -0.4 is 0 Å². The van der Waals surface area contributed by atoms with Crippen LogP contribution in [0.5, 0.6) is 0 Å². The Kier molecular flexibility index (Phi) is 2.03. The molecule has 1 aliphatic rings. The van der Waals surface area contributed by atoms with E-state index in [9.17, 15) is 5.11 Å². The third kappa shape index (κ3) is 1.32. The second-order valence-corrected chi connectivity index (χ2v) is 3.36. The minimum absolute atomic E-state index is 0.356. The van der Waals surface area contributed by atoms with Gasteiger partial charge in [-0.05, 0) is 30.4 Å². The molecule has 0 amide bonds. The van der Waals surface area contributed by atoms with E-state index in [-0.39, 0.29) is 6.10 Å². The van der Waals surface area contributed by atoms with Crippen molar-refractivity contribution in [3.05, 3.63) is 40.7 Å². The van der Waals surface area contributed by atoms with Crippen LogP contribution in [0, 0.1) is 6.57 Å². The van der Waals surface area contributed by atoms with E-state index in [1.54, 1.807) is 0 Å². The minimum Gasteiger partial charge on any atom is -0.388 e. The minimum atomic E-state index is -0.356. The van der Waals surface area contributed by atoms with Crippen LogP contribution in [0.2, 0.25) is 0 Å². The molecular weight excluding hydrogens is 162 g/mol. The molecule has 0 saturated carbocycles. The van der Waals surface area contributed by atoms with Gasteiger partial charge < -0.3 is 5.11 Å². The van der Waals surface area contributed by atoms with Crippen molar-refractivity contribution >= 4 is 5.69 Å². The number of rotatable bonds is 0. The van der Waals surface area contributed by atoms with E-state index in [0.717, 1.165) is 30.4 Å². The lowest BCUT2D eigenvalue weighted by molar-refractivity contribution is 0.157. The third-order valence-electron chi connectivity index (χ3n) is 2.57. The molecule has 2 heteroatoms. The van der Waals surface area contributed by atoms with Crippen LogP contribution in [0.25, 0.3) is 4.85 Å². The van der Waals surface area contributed by atoms with E-state index in [4.69, 9.17) is 6.57 Å². The standard InChI is InChI=1S/C11H11NO/c1-12-10-6-2-5-9-8(10)4-3-7-11(9)13/h2,5-6,11,13H,3-4,7H2/t11-/m1/s1. The molecule has 0 heterocycles. The molecule has 0 bridgehead atoms. The number of benzene rings is 1. The van der Waals surface area contributed by atoms with E-state index in [2.05, 4.69) is 4.85 Å². The van der Waals surface area contributed by atoms with Crippen LogP contribution in [0.1, 0.15) is 30.1 Å². The smallest absolute Gasteiger partial charge is 0.190 e. The molecule has 2 nitrogen and oxygen atoms in total. The highest BCUT2D eigenvalue weighted by molar-refractivity contribution is 5.56. The molecule has 66 valence electrons. The normalized spacial score (nSPS) is 20.5. The van der Waals surface area contributed by atoms with E-state index < -0.39 is 0 Å². The van der Waals surface area contributed by atoms with Crippen molar-refractivity contribution in [3.63, 3.8) is 0 Å². The van der Waals surface area contributed by atoms with Crippen LogP contribution in [0.15, 0.2) is 18.2 Å². The van der Waals surface area contributed by atoms with Gasteiger partial charge in [-0.2, -0.15) is 0 Å². The predicted octanol–water partition coefficient (Wildman–Crippen LogP) is 2.61. The highest BCUT2D eigenvalue weighted by Crippen LogP contribution is 2.34. The number of aliphatic hydroxyl groups excluding tert-OH is 1. The van der Waals surface area contributed by atoms with Gasteiger partial charge in [0.2, 0.25) is 0 Å². The highest BCUT2D eigenvalue weighted by Gasteiger charge is 2.19. The van der Waals surface area contributed by atoms with Crippen molar-refractivity contribution in [1.82, 2.24) is 0 Å². The molecule has 0 aliphatic heterocycles. The summed E-state index contributed by atoms with van der Waals surface area (Å²) in [6.45, 7) is 6.99. The quantitative estimate of drug-likeness (QED) is 0.599. The van der Waals surface area contributed by atoms with Crippen LogP contribution in [0.4, 0.5) is 5.69 Å². The lowest BCUT2D eigenvalue weighted by Crippen LogP contribution is -2.08. The molecule has 1 atom stereocenters. The molecule has 1 aliphatic carbocycles. The van der Waals surface area contributed by atoms with Gasteiger partial charge in [0.1, 0.15) is 0 Å². The maximum Gasteiger partial charge on any atom is 0.190 e. The molecule has 13 heavy (non-hydrogen) atoms. The molecule has 0 saturated heterocycles. The zero-order chi connectivity index (χ0) is 9.26. The fourth-order valence-electron chi connectivity index (χ4n) is 1.91. The van der Waals surface area contributed by atoms with E-state index >= 15 is 0 Å². The lowest BCUT2D eigenvalue weighted by atomic mass is 9.88. The van der Waals surface area contributed by atoms with Crippen molar-refractivity contribution < 1.29 is 5.11 Å². The van der Waals surface area contributed by atoms with Gasteiger partial charge in [0.05, 0.1) is 12.7 Å². The summed E-state index contributed by atoms with van der Waals surface area (Å²) in [7, 11) is 0. The van der Waals surface area contributed by atoms with Gasteiger partial charge in [-0.3, -0.25) is 0 Å². The Morgan fingerprint density at radius 2 is 2.31 bits per heavy atom. The van der Waals surface area contributed by atoms with Crippen molar-refractivity contribution in [2.45, 2.75) is 25.4 Å². The zero-order valence-electron chi connectivity index (χ0n) is 7.33. The Labute approximate surface area is 77.6 Å². The Balaban J connectivity index is 2.56. The number of hydrogen-bond donors (Lipinski definition) is 1. The molecule has 2 rings (SSSR count). The van der Waals surface area contributed by atoms with Crippen LogP contribution >= 0.6 is 0 Å². The Morgan fingerprint density at radius 3 is 3.08 bits per heavy atom. The summed E-state index contributed by atoms with van der Waals surface area (Å²) in [5.41, 5.74) is 2.72. The maximum atomic E-state index is 9.68. The fraction of sp³-hybridized carbons (Fsp3) is 0.364. The van der Waals surface area contributed by atoms with E-state index in [1.807, 2.05) is 18.2 Å². The molecule has 0 aromatic heterocycles. The van der Waals surface area contributed by atoms with E-state index in [0.29, 0.717) is 5.69 Å². The van der Waals surface area contributed by atoms with Crippen molar-refractivity contribution in [2.24, 2.45) is 0 Å². The third-order valence-corrected chi connectivity index (χ3v) is 2.57. The molecule has 0 fully saturated rings. The number of nitrogens with zero attached hydrogens (tertiary/aromatic N) is 1. The summed E-state index contributed by atoms with van der Waals surface area (Å²) in [4.78, 5) is 3.46. The Bertz CT molecular complexity index is 365. The van der Waals surface area contributed by atoms with Crippen LogP contribution in [-0.4, -0.2) is 5.11 Å². The molecule has 1 aromatic rings. The lowest BCUT2D eigenvalue weighted by Gasteiger charge is -2.21. The first-order valence-corrected chi connectivity index (χ1v) is 4.50. The van der Waals surface area contributed by atoms with Gasteiger partial charge in [0.15, 0.2) is 5.69 Å². The summed E-state index contributed by atoms with van der Waals surface area (Å²) < 4.78 is 0. The summed E-state index contributed by atoms with van der Waals surface area (Å²) in [6, 6.07) is 5.60. The van der Waals surface area contributed by atoms with Gasteiger partial charge in [0, 0.05) is 0 Å². The molecular formula is C11H11NO. The first-order chi connectivity index (χ1) is 6.33. The Hall–Kier alpha value is -1.33. The van der Waals surface area contributed by atoms with Crippen molar-refractivity contribution in [1.29, 1.82) is 0 Å². The van der Waals surface area contributed by atoms with Crippen molar-refractivity contribution in [2.75, 3.05) is 0 Å². The van der Waals surface area contributed by atoms with Gasteiger partial charge in [0.25, 0.3) is 0 Å². The van der Waals surface area contributed by atoms with Gasteiger partial charge in [-0.1, -0.05) is 18.2 Å². The molecule has 0 unspecified atom stereocenters. The predicted molar refractivity (Wildman–Crippen MR) is 50.6 cm³/mol. The first kappa shape index (κ1) is 8.28. The summed E-state index contributed by atoms with van der Waals surface area (Å²) >= 11 is 0. The van der Waals surface area contributed by atoms with Gasteiger partial charge in [-0.25, -0.2) is 4.85 Å². The van der Waals surface area contributed by atoms with Gasteiger partial charge >= 0.3 is 0 Å². The average Bonchev–Trinajstić information content (AvgIpc) is 2.18. The fourth-order valence-corrected chi connectivity index (χ4v) is 1.91. The number of aliphatic hydroxyl groups is 1. The summed E-state index contributed by atoms with van der Waals surface area (Å²) in [6.07, 6.45) is 2.39. The molecule has 0 spiro atoms. The highest BCUT2D eigenvalue weighted by atomic mass is 16.3. The largest absolute Gasteiger partial charge is 0.388 e. The summed E-state index contributed by atoms with van der Waals surface area (Å²) in [5, 5.41) is 9.68. The molecule has 0 radical (unpaired) electrons. The average molecular weight is 173 g/mol. The second-order valence-electron chi connectivity index (χ2n) is 3.36. The second kappa shape index (κ2) is 3.20. The number of hydrogen-bond acceptors (Lipinski definition) is 1. The van der Waals surface area contributed by atoms with Crippen LogP contribution in [0.3, 0.4) is 0 Å². The zero-order valence-corrected chi connectivity index (χ0v) is 7.33. The Morgan fingerprint density at radius 1 is 1.46 bits per heavy atom. The van der Waals surface area contributed by atoms with Crippen LogP contribution in [-0.2, 0) is 6.42 Å². The maximum absolute atomic E-state index is 9.68. The SMILES string of the molecule is [C-]#[N+]c1cccc2c1CCC[C@H]2O. The van der Waals surface area contributed by atoms with Gasteiger partial charge in [-0.15, -0.1) is 0 Å². The molecule has 1 N–H and O–H groups in total. The topological polar surface area (TPSA) is 24.6 Å². The van der Waals surface area contributed by atoms with Crippen molar-refractivity contribution in [3.8, 4) is 0 Å². The van der Waals surface area contributed by atoms with E-state index in [1.165, 1.54) is 0 Å².